The molecule has 0 atom stereocenters. The summed E-state index contributed by atoms with van der Waals surface area (Å²) in [6.45, 7) is 1.24. The van der Waals surface area contributed by atoms with Gasteiger partial charge < -0.3 is 14.8 Å². The van der Waals surface area contributed by atoms with E-state index >= 15 is 0 Å². The van der Waals surface area contributed by atoms with Gasteiger partial charge in [0.2, 0.25) is 0 Å². The van der Waals surface area contributed by atoms with E-state index in [-0.39, 0.29) is 0 Å². The van der Waals surface area contributed by atoms with Gasteiger partial charge in [0, 0.05) is 27.1 Å². The van der Waals surface area contributed by atoms with Gasteiger partial charge in [0.15, 0.2) is 11.5 Å². The highest BCUT2D eigenvalue weighted by atomic mass is 79.9. The van der Waals surface area contributed by atoms with Crippen molar-refractivity contribution in [2.24, 2.45) is 17.8 Å². The molecule has 3 nitrogen and oxygen atoms in total. The smallest absolute Gasteiger partial charge is 0.167 e. The number of benzene rings is 2. The Morgan fingerprint density at radius 2 is 1.77 bits per heavy atom. The first-order valence-electron chi connectivity index (χ1n) is 11.0. The molecule has 2 aromatic rings. The molecule has 4 bridgehead atoms. The van der Waals surface area contributed by atoms with Gasteiger partial charge >= 0.3 is 0 Å². The Morgan fingerprint density at radius 1 is 1.07 bits per heavy atom. The van der Waals surface area contributed by atoms with Crippen LogP contribution in [0.15, 0.2) is 40.9 Å². The maximum Gasteiger partial charge on any atom is 0.167 e. The molecule has 0 amide bonds. The average Bonchev–Trinajstić information content (AvgIpc) is 2.70. The molecule has 0 saturated heterocycles. The van der Waals surface area contributed by atoms with Crippen LogP contribution in [0.5, 0.6) is 11.5 Å². The lowest BCUT2D eigenvalue weighted by Crippen LogP contribution is -2.58. The summed E-state index contributed by atoms with van der Waals surface area (Å²) >= 11 is 9.91. The van der Waals surface area contributed by atoms with Crippen LogP contribution in [-0.4, -0.2) is 12.6 Å². The predicted molar refractivity (Wildman–Crippen MR) is 124 cm³/mol. The van der Waals surface area contributed by atoms with Gasteiger partial charge in [-0.15, -0.1) is 0 Å². The third kappa shape index (κ3) is 4.11. The Morgan fingerprint density at radius 3 is 2.40 bits per heavy atom. The summed E-state index contributed by atoms with van der Waals surface area (Å²) < 4.78 is 13.0. The van der Waals surface area contributed by atoms with Crippen molar-refractivity contribution in [1.82, 2.24) is 5.32 Å². The normalized spacial score (nSPS) is 29.2. The van der Waals surface area contributed by atoms with Gasteiger partial charge in [-0.05, 0) is 86.1 Å². The molecule has 4 saturated carbocycles. The number of hydrogen-bond donors (Lipinski definition) is 1. The summed E-state index contributed by atoms with van der Waals surface area (Å²) in [5.74, 6) is 4.36. The largest absolute Gasteiger partial charge is 0.493 e. The SMILES string of the molecule is COc1ccc(Br)c(CNC23CC4CC(CC(C4)C2)C3)c1OCc1cccc(Cl)c1. The topological polar surface area (TPSA) is 30.5 Å². The molecule has 0 aromatic heterocycles. The van der Waals surface area contributed by atoms with Crippen LogP contribution in [0, 0.1) is 17.8 Å². The second-order valence-electron chi connectivity index (χ2n) is 9.53. The Balaban J connectivity index is 1.36. The fourth-order valence-electron chi connectivity index (χ4n) is 6.45. The van der Waals surface area contributed by atoms with Crippen molar-refractivity contribution < 1.29 is 9.47 Å². The van der Waals surface area contributed by atoms with E-state index in [0.29, 0.717) is 12.1 Å². The van der Waals surface area contributed by atoms with E-state index in [1.807, 2.05) is 30.3 Å². The van der Waals surface area contributed by atoms with Gasteiger partial charge in [-0.2, -0.15) is 0 Å². The molecule has 5 heteroatoms. The van der Waals surface area contributed by atoms with Crippen molar-refractivity contribution in [3.63, 3.8) is 0 Å². The highest BCUT2D eigenvalue weighted by Crippen LogP contribution is 2.55. The second-order valence-corrected chi connectivity index (χ2v) is 10.8. The molecule has 1 N–H and O–H groups in total. The first kappa shape index (κ1) is 20.7. The van der Waals surface area contributed by atoms with Crippen molar-refractivity contribution >= 4 is 27.5 Å². The Hall–Kier alpha value is -1.23. The van der Waals surface area contributed by atoms with Crippen molar-refractivity contribution in [3.05, 3.63) is 57.0 Å². The number of methoxy groups -OCH3 is 1. The van der Waals surface area contributed by atoms with Crippen LogP contribution in [0.2, 0.25) is 5.02 Å². The first-order valence-corrected chi connectivity index (χ1v) is 12.2. The van der Waals surface area contributed by atoms with Crippen LogP contribution in [-0.2, 0) is 13.2 Å². The summed E-state index contributed by atoms with van der Waals surface area (Å²) in [6.07, 6.45) is 8.37. The summed E-state index contributed by atoms with van der Waals surface area (Å²) in [7, 11) is 1.70. The summed E-state index contributed by atoms with van der Waals surface area (Å²) in [5.41, 5.74) is 2.48. The summed E-state index contributed by atoms with van der Waals surface area (Å²) in [6, 6.07) is 11.8. The lowest BCUT2D eigenvalue weighted by molar-refractivity contribution is -0.0207. The highest BCUT2D eigenvalue weighted by Gasteiger charge is 2.50. The van der Waals surface area contributed by atoms with Gasteiger partial charge in [0.1, 0.15) is 6.61 Å². The number of nitrogens with one attached hydrogen (secondary N) is 1. The second kappa shape index (κ2) is 8.37. The van der Waals surface area contributed by atoms with E-state index < -0.39 is 0 Å². The molecular weight excluding hydrogens is 462 g/mol. The Bertz CT molecular complexity index is 896. The number of ether oxygens (including phenoxy) is 2. The molecule has 4 fully saturated rings. The quantitative estimate of drug-likeness (QED) is 0.466. The predicted octanol–water partition coefficient (Wildman–Crippen LogP) is 6.75. The van der Waals surface area contributed by atoms with Gasteiger partial charge in [-0.25, -0.2) is 0 Å². The van der Waals surface area contributed by atoms with Crippen LogP contribution in [0.25, 0.3) is 0 Å². The van der Waals surface area contributed by atoms with E-state index in [4.69, 9.17) is 21.1 Å². The molecule has 0 heterocycles. The molecule has 30 heavy (non-hydrogen) atoms. The number of halogens is 2. The molecule has 4 aliphatic rings. The molecule has 6 rings (SSSR count). The third-order valence-corrected chi connectivity index (χ3v) is 8.32. The fraction of sp³-hybridized carbons (Fsp3) is 0.520. The summed E-state index contributed by atoms with van der Waals surface area (Å²) in [5, 5.41) is 4.72. The molecule has 4 aliphatic carbocycles. The molecule has 2 aromatic carbocycles. The maximum atomic E-state index is 6.30. The average molecular weight is 491 g/mol. The molecule has 0 spiro atoms. The lowest BCUT2D eigenvalue weighted by atomic mass is 9.53. The van der Waals surface area contributed by atoms with E-state index in [2.05, 4.69) is 27.3 Å². The standard InChI is InChI=1S/C25H29BrClNO2/c1-29-23-6-5-22(26)21(24(23)30-15-16-3-2-4-20(27)10-16)14-28-25-11-17-7-18(12-25)9-19(8-17)13-25/h2-6,10,17-19,28H,7-9,11-15H2,1H3. The van der Waals surface area contributed by atoms with Crippen LogP contribution in [0.3, 0.4) is 0 Å². The maximum absolute atomic E-state index is 6.30. The van der Waals surface area contributed by atoms with Crippen LogP contribution >= 0.6 is 27.5 Å². The van der Waals surface area contributed by atoms with Crippen LogP contribution in [0.4, 0.5) is 0 Å². The Labute approximate surface area is 192 Å². The van der Waals surface area contributed by atoms with E-state index in [9.17, 15) is 0 Å². The zero-order valence-corrected chi connectivity index (χ0v) is 19.8. The minimum atomic E-state index is 0.307. The minimum absolute atomic E-state index is 0.307. The number of rotatable bonds is 7. The molecule has 160 valence electrons. The van der Waals surface area contributed by atoms with E-state index in [1.165, 1.54) is 38.5 Å². The van der Waals surface area contributed by atoms with E-state index in [1.54, 1.807) is 7.11 Å². The van der Waals surface area contributed by atoms with Gasteiger partial charge in [-0.3, -0.25) is 0 Å². The van der Waals surface area contributed by atoms with Crippen molar-refractivity contribution in [2.75, 3.05) is 7.11 Å². The monoisotopic (exact) mass is 489 g/mol. The van der Waals surface area contributed by atoms with Gasteiger partial charge in [0.25, 0.3) is 0 Å². The minimum Gasteiger partial charge on any atom is -0.493 e. The number of hydrogen-bond acceptors (Lipinski definition) is 3. The van der Waals surface area contributed by atoms with Crippen molar-refractivity contribution in [3.8, 4) is 11.5 Å². The van der Waals surface area contributed by atoms with E-state index in [0.717, 1.165) is 56.4 Å². The lowest BCUT2D eigenvalue weighted by Gasteiger charge is -2.57. The molecule has 0 unspecified atom stereocenters. The molecular formula is C25H29BrClNO2. The molecule has 0 aliphatic heterocycles. The van der Waals surface area contributed by atoms with Crippen LogP contribution < -0.4 is 14.8 Å². The van der Waals surface area contributed by atoms with Gasteiger partial charge in [0.05, 0.1) is 7.11 Å². The van der Waals surface area contributed by atoms with Gasteiger partial charge in [-0.1, -0.05) is 39.7 Å². The fourth-order valence-corrected chi connectivity index (χ4v) is 7.12. The third-order valence-electron chi connectivity index (χ3n) is 7.34. The van der Waals surface area contributed by atoms with Crippen molar-refractivity contribution in [1.29, 1.82) is 0 Å². The Kier molecular flexibility index (Phi) is 5.76. The molecule has 0 radical (unpaired) electrons. The zero-order valence-electron chi connectivity index (χ0n) is 17.4. The zero-order chi connectivity index (χ0) is 20.7. The highest BCUT2D eigenvalue weighted by molar-refractivity contribution is 9.10. The summed E-state index contributed by atoms with van der Waals surface area (Å²) in [4.78, 5) is 0. The van der Waals surface area contributed by atoms with Crippen molar-refractivity contribution in [2.45, 2.75) is 57.2 Å². The van der Waals surface area contributed by atoms with Crippen LogP contribution in [0.1, 0.15) is 49.7 Å². The first-order chi connectivity index (χ1) is 14.5.